The van der Waals surface area contributed by atoms with Gasteiger partial charge < -0.3 is 10.4 Å². The standard InChI is InChI=1S/C13H28N2O2/c1-6-10(7-2)12(16)9-14-13(17)11(8-3)15(4)5/h10-12,16H,6-9H2,1-5H3,(H,14,17). The zero-order chi connectivity index (χ0) is 13.4. The Morgan fingerprint density at radius 1 is 1.18 bits per heavy atom. The molecule has 4 nitrogen and oxygen atoms in total. The average Bonchev–Trinajstić information content (AvgIpc) is 2.28. The van der Waals surface area contributed by atoms with E-state index in [1.165, 1.54) is 0 Å². The van der Waals surface area contributed by atoms with E-state index in [9.17, 15) is 9.90 Å². The van der Waals surface area contributed by atoms with Crippen LogP contribution in [0.5, 0.6) is 0 Å². The van der Waals surface area contributed by atoms with Crippen LogP contribution in [0.15, 0.2) is 0 Å². The lowest BCUT2D eigenvalue weighted by Gasteiger charge is -2.24. The quantitative estimate of drug-likeness (QED) is 0.675. The van der Waals surface area contributed by atoms with E-state index in [0.717, 1.165) is 19.3 Å². The fourth-order valence-electron chi connectivity index (χ4n) is 2.11. The van der Waals surface area contributed by atoms with Crippen molar-refractivity contribution in [2.75, 3.05) is 20.6 Å². The Morgan fingerprint density at radius 3 is 2.06 bits per heavy atom. The number of likely N-dealkylation sites (N-methyl/N-ethyl adjacent to an activating group) is 1. The Hall–Kier alpha value is -0.610. The van der Waals surface area contributed by atoms with Gasteiger partial charge >= 0.3 is 0 Å². The van der Waals surface area contributed by atoms with Gasteiger partial charge in [-0.15, -0.1) is 0 Å². The minimum atomic E-state index is -0.436. The molecule has 0 aromatic heterocycles. The van der Waals surface area contributed by atoms with Crippen molar-refractivity contribution in [3.8, 4) is 0 Å². The lowest BCUT2D eigenvalue weighted by molar-refractivity contribution is -0.126. The molecule has 0 saturated carbocycles. The molecule has 102 valence electrons. The second-order valence-corrected chi connectivity index (χ2v) is 4.78. The van der Waals surface area contributed by atoms with Crippen LogP contribution < -0.4 is 5.32 Å². The van der Waals surface area contributed by atoms with Crippen LogP contribution in [0.25, 0.3) is 0 Å². The molecule has 0 aliphatic heterocycles. The fourth-order valence-corrected chi connectivity index (χ4v) is 2.11. The van der Waals surface area contributed by atoms with Gasteiger partial charge in [0.15, 0.2) is 0 Å². The molecule has 0 radical (unpaired) electrons. The van der Waals surface area contributed by atoms with Crippen molar-refractivity contribution in [2.24, 2.45) is 5.92 Å². The molecule has 0 aromatic rings. The largest absolute Gasteiger partial charge is 0.391 e. The van der Waals surface area contributed by atoms with Crippen LogP contribution in [0.2, 0.25) is 0 Å². The number of carbonyl (C=O) groups is 1. The summed E-state index contributed by atoms with van der Waals surface area (Å²) < 4.78 is 0. The van der Waals surface area contributed by atoms with Gasteiger partial charge in [0, 0.05) is 6.54 Å². The highest BCUT2D eigenvalue weighted by molar-refractivity contribution is 5.81. The summed E-state index contributed by atoms with van der Waals surface area (Å²) in [6.07, 6.45) is 2.23. The number of nitrogens with zero attached hydrogens (tertiary/aromatic N) is 1. The Kier molecular flexibility index (Phi) is 8.17. The first-order valence-electron chi connectivity index (χ1n) is 6.59. The van der Waals surface area contributed by atoms with Crippen LogP contribution in [-0.4, -0.2) is 48.7 Å². The summed E-state index contributed by atoms with van der Waals surface area (Å²) in [5, 5.41) is 12.8. The van der Waals surface area contributed by atoms with E-state index in [1.54, 1.807) is 0 Å². The molecule has 2 N–H and O–H groups in total. The van der Waals surface area contributed by atoms with Gasteiger partial charge in [0.25, 0.3) is 0 Å². The molecule has 0 spiro atoms. The van der Waals surface area contributed by atoms with E-state index in [2.05, 4.69) is 19.2 Å². The second-order valence-electron chi connectivity index (χ2n) is 4.78. The maximum Gasteiger partial charge on any atom is 0.237 e. The summed E-state index contributed by atoms with van der Waals surface area (Å²) in [4.78, 5) is 13.8. The lowest BCUT2D eigenvalue weighted by Crippen LogP contribution is -2.46. The Bertz CT molecular complexity index is 215. The van der Waals surface area contributed by atoms with Gasteiger partial charge in [0.2, 0.25) is 5.91 Å². The van der Waals surface area contributed by atoms with Crippen molar-refractivity contribution in [3.63, 3.8) is 0 Å². The molecule has 0 aliphatic carbocycles. The van der Waals surface area contributed by atoms with Crippen molar-refractivity contribution in [1.82, 2.24) is 10.2 Å². The molecule has 0 heterocycles. The van der Waals surface area contributed by atoms with Gasteiger partial charge in [-0.2, -0.15) is 0 Å². The van der Waals surface area contributed by atoms with Crippen LogP contribution in [0.1, 0.15) is 40.0 Å². The normalized spacial score (nSPS) is 15.1. The highest BCUT2D eigenvalue weighted by atomic mass is 16.3. The molecular formula is C13H28N2O2. The molecule has 1 amide bonds. The molecule has 0 saturated heterocycles. The third-order valence-corrected chi connectivity index (χ3v) is 3.39. The van der Waals surface area contributed by atoms with Gasteiger partial charge in [-0.3, -0.25) is 9.69 Å². The van der Waals surface area contributed by atoms with Gasteiger partial charge in [-0.25, -0.2) is 0 Å². The third kappa shape index (κ3) is 5.50. The topological polar surface area (TPSA) is 52.6 Å². The molecule has 0 bridgehead atoms. The fraction of sp³-hybridized carbons (Fsp3) is 0.923. The van der Waals surface area contributed by atoms with Crippen LogP contribution in [0.3, 0.4) is 0 Å². The van der Waals surface area contributed by atoms with Gasteiger partial charge in [0.05, 0.1) is 12.1 Å². The molecule has 2 atom stereocenters. The number of hydrogen-bond acceptors (Lipinski definition) is 3. The van der Waals surface area contributed by atoms with Crippen LogP contribution in [-0.2, 0) is 4.79 Å². The second kappa shape index (κ2) is 8.48. The predicted octanol–water partition coefficient (Wildman–Crippen LogP) is 1.24. The Labute approximate surface area is 105 Å². The third-order valence-electron chi connectivity index (χ3n) is 3.39. The minimum Gasteiger partial charge on any atom is -0.391 e. The Balaban J connectivity index is 4.14. The molecule has 17 heavy (non-hydrogen) atoms. The summed E-state index contributed by atoms with van der Waals surface area (Å²) in [6, 6.07) is -0.107. The molecular weight excluding hydrogens is 216 g/mol. The monoisotopic (exact) mass is 244 g/mol. The van der Waals surface area contributed by atoms with Crippen molar-refractivity contribution in [1.29, 1.82) is 0 Å². The molecule has 0 aromatic carbocycles. The van der Waals surface area contributed by atoms with Crippen molar-refractivity contribution < 1.29 is 9.90 Å². The van der Waals surface area contributed by atoms with Crippen molar-refractivity contribution in [2.45, 2.75) is 52.2 Å². The minimum absolute atomic E-state index is 0.00232. The van der Waals surface area contributed by atoms with Gasteiger partial charge in [-0.05, 0) is 26.4 Å². The first-order chi connectivity index (χ1) is 7.97. The van der Waals surface area contributed by atoms with Gasteiger partial charge in [-0.1, -0.05) is 33.6 Å². The number of hydrogen-bond donors (Lipinski definition) is 2. The lowest BCUT2D eigenvalue weighted by atomic mass is 9.96. The number of rotatable bonds is 8. The van der Waals surface area contributed by atoms with E-state index >= 15 is 0 Å². The summed E-state index contributed by atoms with van der Waals surface area (Å²) >= 11 is 0. The smallest absolute Gasteiger partial charge is 0.237 e. The van der Waals surface area contributed by atoms with E-state index < -0.39 is 6.10 Å². The molecule has 0 fully saturated rings. The van der Waals surface area contributed by atoms with E-state index in [1.807, 2.05) is 25.9 Å². The molecule has 4 heteroatoms. The van der Waals surface area contributed by atoms with E-state index in [-0.39, 0.29) is 17.9 Å². The number of nitrogens with one attached hydrogen (secondary N) is 1. The summed E-state index contributed by atoms with van der Waals surface area (Å²) in [5.74, 6) is 0.275. The average molecular weight is 244 g/mol. The molecule has 0 aliphatic rings. The van der Waals surface area contributed by atoms with Crippen LogP contribution in [0, 0.1) is 5.92 Å². The van der Waals surface area contributed by atoms with Gasteiger partial charge in [0.1, 0.15) is 0 Å². The highest BCUT2D eigenvalue weighted by Gasteiger charge is 2.21. The number of carbonyl (C=O) groups excluding carboxylic acids is 1. The van der Waals surface area contributed by atoms with E-state index in [4.69, 9.17) is 0 Å². The summed E-state index contributed by atoms with van der Waals surface area (Å²) in [7, 11) is 3.79. The predicted molar refractivity (Wildman–Crippen MR) is 70.9 cm³/mol. The first-order valence-corrected chi connectivity index (χ1v) is 6.59. The zero-order valence-corrected chi connectivity index (χ0v) is 11.9. The zero-order valence-electron chi connectivity index (χ0n) is 11.9. The summed E-state index contributed by atoms with van der Waals surface area (Å²) in [5.41, 5.74) is 0. The Morgan fingerprint density at radius 2 is 1.71 bits per heavy atom. The van der Waals surface area contributed by atoms with Crippen molar-refractivity contribution >= 4 is 5.91 Å². The van der Waals surface area contributed by atoms with Crippen LogP contribution in [0.4, 0.5) is 0 Å². The molecule has 0 rings (SSSR count). The number of aliphatic hydroxyl groups is 1. The number of amides is 1. The molecule has 2 unspecified atom stereocenters. The van der Waals surface area contributed by atoms with E-state index in [0.29, 0.717) is 6.54 Å². The highest BCUT2D eigenvalue weighted by Crippen LogP contribution is 2.12. The SMILES string of the molecule is CCC(CC)C(O)CNC(=O)C(CC)N(C)C. The van der Waals surface area contributed by atoms with Crippen LogP contribution >= 0.6 is 0 Å². The summed E-state index contributed by atoms with van der Waals surface area (Å²) in [6.45, 7) is 6.47. The maximum absolute atomic E-state index is 11.9. The van der Waals surface area contributed by atoms with Crippen molar-refractivity contribution in [3.05, 3.63) is 0 Å². The maximum atomic E-state index is 11.9. The first kappa shape index (κ1) is 16.4. The number of aliphatic hydroxyl groups excluding tert-OH is 1.